The van der Waals surface area contributed by atoms with Crippen LogP contribution in [0.2, 0.25) is 5.02 Å². The molecule has 4 rings (SSSR count). The standard InChI is InChI=1S/C27H25ClN2O3/c1-17-8-4-5-9-22(17)16-20-12-14-21(15-13-20)26-25(18(2)30-33-26)29-27(31)32-19(3)23-10-6-7-11-24(23)28/h4-15,19H,16H2,1-3H3,(H,29,31). The van der Waals surface area contributed by atoms with Crippen LogP contribution in [-0.4, -0.2) is 11.2 Å². The second kappa shape index (κ2) is 9.92. The lowest BCUT2D eigenvalue weighted by Crippen LogP contribution is -2.17. The van der Waals surface area contributed by atoms with Gasteiger partial charge in [-0.05, 0) is 49.9 Å². The number of carbonyl (C=O) groups excluding carboxylic acids is 1. The van der Waals surface area contributed by atoms with Gasteiger partial charge in [-0.1, -0.05) is 83.5 Å². The lowest BCUT2D eigenvalue weighted by atomic mass is 9.99. The van der Waals surface area contributed by atoms with Crippen molar-refractivity contribution in [2.24, 2.45) is 0 Å². The second-order valence-electron chi connectivity index (χ2n) is 7.97. The van der Waals surface area contributed by atoms with Crippen LogP contribution in [0.15, 0.2) is 77.3 Å². The average molecular weight is 461 g/mol. The molecule has 1 amide bonds. The molecule has 0 aliphatic carbocycles. The van der Waals surface area contributed by atoms with Gasteiger partial charge in [0.25, 0.3) is 0 Å². The summed E-state index contributed by atoms with van der Waals surface area (Å²) in [6.07, 6.45) is -0.270. The number of amides is 1. The quantitative estimate of drug-likeness (QED) is 0.323. The Balaban J connectivity index is 1.48. The largest absolute Gasteiger partial charge is 0.441 e. The Morgan fingerprint density at radius 2 is 1.73 bits per heavy atom. The summed E-state index contributed by atoms with van der Waals surface area (Å²) in [6.45, 7) is 5.66. The lowest BCUT2D eigenvalue weighted by Gasteiger charge is -2.15. The fourth-order valence-corrected chi connectivity index (χ4v) is 3.97. The van der Waals surface area contributed by atoms with Crippen molar-refractivity contribution in [2.45, 2.75) is 33.3 Å². The van der Waals surface area contributed by atoms with Crippen molar-refractivity contribution in [3.8, 4) is 11.3 Å². The molecule has 1 heterocycles. The van der Waals surface area contributed by atoms with E-state index in [9.17, 15) is 4.79 Å². The molecule has 33 heavy (non-hydrogen) atoms. The number of halogens is 1. The number of rotatable bonds is 6. The second-order valence-corrected chi connectivity index (χ2v) is 8.37. The van der Waals surface area contributed by atoms with Crippen molar-refractivity contribution in [3.63, 3.8) is 0 Å². The summed E-state index contributed by atoms with van der Waals surface area (Å²) in [7, 11) is 0. The third kappa shape index (κ3) is 5.26. The minimum Gasteiger partial charge on any atom is -0.441 e. The van der Waals surface area contributed by atoms with Gasteiger partial charge < -0.3 is 9.26 Å². The van der Waals surface area contributed by atoms with Crippen LogP contribution in [0.1, 0.15) is 41.0 Å². The highest BCUT2D eigenvalue weighted by Crippen LogP contribution is 2.32. The minimum absolute atomic E-state index is 0.484. The maximum atomic E-state index is 12.6. The molecule has 1 N–H and O–H groups in total. The molecule has 168 valence electrons. The van der Waals surface area contributed by atoms with Crippen molar-refractivity contribution in [1.82, 2.24) is 5.16 Å². The number of ether oxygens (including phenoxy) is 1. The van der Waals surface area contributed by atoms with Crippen LogP contribution >= 0.6 is 11.6 Å². The number of nitrogens with one attached hydrogen (secondary N) is 1. The summed E-state index contributed by atoms with van der Waals surface area (Å²) in [4.78, 5) is 12.6. The van der Waals surface area contributed by atoms with Crippen LogP contribution in [0.4, 0.5) is 10.5 Å². The number of anilines is 1. The molecule has 6 heteroatoms. The third-order valence-corrected chi connectivity index (χ3v) is 5.93. The van der Waals surface area contributed by atoms with Gasteiger partial charge in [0.05, 0.1) is 0 Å². The van der Waals surface area contributed by atoms with E-state index in [-0.39, 0.29) is 0 Å². The van der Waals surface area contributed by atoms with E-state index in [0.717, 1.165) is 17.5 Å². The van der Waals surface area contributed by atoms with Crippen LogP contribution in [0, 0.1) is 13.8 Å². The van der Waals surface area contributed by atoms with Gasteiger partial charge in [-0.25, -0.2) is 4.79 Å². The number of benzene rings is 3. The van der Waals surface area contributed by atoms with E-state index in [1.165, 1.54) is 16.7 Å². The van der Waals surface area contributed by atoms with E-state index < -0.39 is 12.2 Å². The van der Waals surface area contributed by atoms with Crippen LogP contribution in [0.3, 0.4) is 0 Å². The van der Waals surface area contributed by atoms with Gasteiger partial charge in [0.2, 0.25) is 0 Å². The molecule has 0 fully saturated rings. The van der Waals surface area contributed by atoms with Gasteiger partial charge in [-0.3, -0.25) is 5.32 Å². The molecule has 5 nitrogen and oxygen atoms in total. The summed E-state index contributed by atoms with van der Waals surface area (Å²) in [5.74, 6) is 0.484. The number of nitrogens with zero attached hydrogens (tertiary/aromatic N) is 1. The molecule has 1 unspecified atom stereocenters. The first-order valence-corrected chi connectivity index (χ1v) is 11.1. The van der Waals surface area contributed by atoms with Crippen molar-refractivity contribution in [1.29, 1.82) is 0 Å². The van der Waals surface area contributed by atoms with Crippen LogP contribution in [0.5, 0.6) is 0 Å². The summed E-state index contributed by atoms with van der Waals surface area (Å²) in [6, 6.07) is 23.7. The molecule has 0 aliphatic rings. The Bertz CT molecular complexity index is 1260. The summed E-state index contributed by atoms with van der Waals surface area (Å²) < 4.78 is 11.1. The summed E-state index contributed by atoms with van der Waals surface area (Å²) in [5, 5.41) is 7.36. The van der Waals surface area contributed by atoms with Gasteiger partial charge in [-0.15, -0.1) is 0 Å². The van der Waals surface area contributed by atoms with E-state index in [1.54, 1.807) is 19.9 Å². The molecular weight excluding hydrogens is 436 g/mol. The molecule has 0 saturated carbocycles. The van der Waals surface area contributed by atoms with Crippen molar-refractivity contribution in [3.05, 3.63) is 106 Å². The number of aromatic nitrogens is 1. The van der Waals surface area contributed by atoms with Crippen LogP contribution in [0.25, 0.3) is 11.3 Å². The Kier molecular flexibility index (Phi) is 6.80. The molecular formula is C27H25ClN2O3. The van der Waals surface area contributed by atoms with E-state index in [0.29, 0.717) is 22.2 Å². The maximum absolute atomic E-state index is 12.6. The highest BCUT2D eigenvalue weighted by molar-refractivity contribution is 6.31. The minimum atomic E-state index is -0.605. The van der Waals surface area contributed by atoms with Crippen molar-refractivity contribution < 1.29 is 14.1 Å². The Hall–Kier alpha value is -3.57. The third-order valence-electron chi connectivity index (χ3n) is 5.59. The number of hydrogen-bond acceptors (Lipinski definition) is 4. The molecule has 4 aromatic rings. The molecule has 3 aromatic carbocycles. The topological polar surface area (TPSA) is 64.4 Å². The monoisotopic (exact) mass is 460 g/mol. The zero-order valence-corrected chi connectivity index (χ0v) is 19.5. The van der Waals surface area contributed by atoms with Gasteiger partial charge in [0.1, 0.15) is 17.5 Å². The summed E-state index contributed by atoms with van der Waals surface area (Å²) in [5.41, 5.74) is 6.35. The van der Waals surface area contributed by atoms with E-state index in [1.807, 2.05) is 36.4 Å². The first-order chi connectivity index (χ1) is 15.9. The molecule has 0 spiro atoms. The smallest absolute Gasteiger partial charge is 0.412 e. The van der Waals surface area contributed by atoms with E-state index >= 15 is 0 Å². The molecule has 0 saturated heterocycles. The average Bonchev–Trinajstić information content (AvgIpc) is 3.16. The zero-order valence-electron chi connectivity index (χ0n) is 18.8. The molecule has 1 atom stereocenters. The number of aryl methyl sites for hydroxylation is 2. The zero-order chi connectivity index (χ0) is 23.4. The first kappa shape index (κ1) is 22.6. The molecule has 0 radical (unpaired) electrons. The highest BCUT2D eigenvalue weighted by atomic mass is 35.5. The van der Waals surface area contributed by atoms with Crippen LogP contribution < -0.4 is 5.32 Å². The first-order valence-electron chi connectivity index (χ1n) is 10.7. The highest BCUT2D eigenvalue weighted by Gasteiger charge is 2.20. The predicted octanol–water partition coefficient (Wildman–Crippen LogP) is 7.51. The van der Waals surface area contributed by atoms with Gasteiger partial charge in [-0.2, -0.15) is 0 Å². The molecule has 0 aliphatic heterocycles. The van der Waals surface area contributed by atoms with Crippen molar-refractivity contribution >= 4 is 23.4 Å². The van der Waals surface area contributed by atoms with Gasteiger partial charge >= 0.3 is 6.09 Å². The van der Waals surface area contributed by atoms with Crippen LogP contribution in [-0.2, 0) is 11.2 Å². The SMILES string of the molecule is Cc1ccccc1Cc1ccc(-c2onc(C)c2NC(=O)OC(C)c2ccccc2Cl)cc1. The summed E-state index contributed by atoms with van der Waals surface area (Å²) >= 11 is 6.21. The normalized spacial score (nSPS) is 11.8. The fourth-order valence-electron chi connectivity index (χ4n) is 3.68. The van der Waals surface area contributed by atoms with E-state index in [2.05, 4.69) is 47.7 Å². The lowest BCUT2D eigenvalue weighted by molar-refractivity contribution is 0.121. The Morgan fingerprint density at radius 1 is 1.03 bits per heavy atom. The Morgan fingerprint density at radius 3 is 2.45 bits per heavy atom. The molecule has 1 aromatic heterocycles. The number of carbonyl (C=O) groups is 1. The molecule has 0 bridgehead atoms. The fraction of sp³-hybridized carbons (Fsp3) is 0.185. The van der Waals surface area contributed by atoms with Crippen molar-refractivity contribution in [2.75, 3.05) is 5.32 Å². The maximum Gasteiger partial charge on any atom is 0.412 e. The number of hydrogen-bond donors (Lipinski definition) is 1. The van der Waals surface area contributed by atoms with E-state index in [4.69, 9.17) is 20.9 Å². The van der Waals surface area contributed by atoms with Gasteiger partial charge in [0.15, 0.2) is 5.76 Å². The predicted molar refractivity (Wildman–Crippen MR) is 131 cm³/mol. The Labute approximate surface area is 198 Å². The van der Waals surface area contributed by atoms with Gasteiger partial charge in [0, 0.05) is 16.1 Å².